The molecule has 3 rings (SSSR count). The Kier molecular flexibility index (Phi) is 4.75. The summed E-state index contributed by atoms with van der Waals surface area (Å²) in [6.07, 6.45) is 0.786. The summed E-state index contributed by atoms with van der Waals surface area (Å²) in [6.45, 7) is 4.35. The first-order valence-electron chi connectivity index (χ1n) is 8.00. The van der Waals surface area contributed by atoms with E-state index in [2.05, 4.69) is 10.3 Å². The molecule has 0 radical (unpaired) electrons. The summed E-state index contributed by atoms with van der Waals surface area (Å²) in [7, 11) is 0. The highest BCUT2D eigenvalue weighted by Crippen LogP contribution is 2.22. The van der Waals surface area contributed by atoms with E-state index in [9.17, 15) is 4.79 Å². The first kappa shape index (κ1) is 16.0. The number of nitrogens with one attached hydrogen (secondary N) is 1. The maximum atomic E-state index is 12.3. The van der Waals surface area contributed by atoms with Gasteiger partial charge in [-0.3, -0.25) is 4.79 Å². The van der Waals surface area contributed by atoms with E-state index >= 15 is 0 Å². The second-order valence-corrected chi connectivity index (χ2v) is 5.78. The van der Waals surface area contributed by atoms with Crippen molar-refractivity contribution in [3.05, 3.63) is 77.2 Å². The Morgan fingerprint density at radius 1 is 1.04 bits per heavy atom. The molecule has 0 atom stereocenters. The van der Waals surface area contributed by atoms with Gasteiger partial charge in [-0.1, -0.05) is 48.0 Å². The predicted molar refractivity (Wildman–Crippen MR) is 93.9 cm³/mol. The SMILES string of the molecule is Cc1ccc(-c2nc(C(=O)NCCc3ccccc3)c(C)o2)cc1. The number of nitrogens with zero attached hydrogens (tertiary/aromatic N) is 1. The van der Waals surface area contributed by atoms with Crippen molar-refractivity contribution in [1.29, 1.82) is 0 Å². The molecule has 0 spiro atoms. The van der Waals surface area contributed by atoms with Crippen molar-refractivity contribution in [1.82, 2.24) is 10.3 Å². The molecule has 0 unspecified atom stereocenters. The van der Waals surface area contributed by atoms with Crippen LogP contribution in [-0.2, 0) is 6.42 Å². The van der Waals surface area contributed by atoms with Crippen molar-refractivity contribution in [2.45, 2.75) is 20.3 Å². The summed E-state index contributed by atoms with van der Waals surface area (Å²) >= 11 is 0. The Hall–Kier alpha value is -2.88. The standard InChI is InChI=1S/C20H20N2O2/c1-14-8-10-17(11-9-14)20-22-18(15(2)24-20)19(23)21-13-12-16-6-4-3-5-7-16/h3-11H,12-13H2,1-2H3,(H,21,23). The molecular weight excluding hydrogens is 300 g/mol. The minimum atomic E-state index is -0.203. The summed E-state index contributed by atoms with van der Waals surface area (Å²) in [4.78, 5) is 16.7. The molecule has 2 aromatic carbocycles. The van der Waals surface area contributed by atoms with Gasteiger partial charge >= 0.3 is 0 Å². The van der Waals surface area contributed by atoms with E-state index in [0.29, 0.717) is 23.9 Å². The lowest BCUT2D eigenvalue weighted by atomic mass is 10.1. The van der Waals surface area contributed by atoms with Gasteiger partial charge in [0, 0.05) is 12.1 Å². The van der Waals surface area contributed by atoms with Crippen LogP contribution in [0.25, 0.3) is 11.5 Å². The monoisotopic (exact) mass is 320 g/mol. The van der Waals surface area contributed by atoms with Crippen molar-refractivity contribution in [2.24, 2.45) is 0 Å². The van der Waals surface area contributed by atoms with Crippen LogP contribution < -0.4 is 5.32 Å². The molecule has 3 aromatic rings. The van der Waals surface area contributed by atoms with Crippen molar-refractivity contribution < 1.29 is 9.21 Å². The fraction of sp³-hybridized carbons (Fsp3) is 0.200. The highest BCUT2D eigenvalue weighted by atomic mass is 16.4. The molecule has 1 aromatic heterocycles. The molecule has 4 heteroatoms. The molecule has 0 aliphatic rings. The van der Waals surface area contributed by atoms with Gasteiger partial charge in [0.2, 0.25) is 5.89 Å². The maximum absolute atomic E-state index is 12.3. The number of rotatable bonds is 5. The Labute approximate surface area is 141 Å². The van der Waals surface area contributed by atoms with Crippen LogP contribution in [0.15, 0.2) is 59.0 Å². The summed E-state index contributed by atoms with van der Waals surface area (Å²) in [5.41, 5.74) is 3.57. The molecule has 0 saturated carbocycles. The number of hydrogen-bond acceptors (Lipinski definition) is 3. The number of carbonyl (C=O) groups is 1. The van der Waals surface area contributed by atoms with Crippen molar-refractivity contribution >= 4 is 5.91 Å². The zero-order valence-electron chi connectivity index (χ0n) is 13.9. The van der Waals surface area contributed by atoms with Gasteiger partial charge in [-0.25, -0.2) is 4.98 Å². The van der Waals surface area contributed by atoms with Crippen LogP contribution in [0.2, 0.25) is 0 Å². The molecule has 0 aliphatic carbocycles. The van der Waals surface area contributed by atoms with Crippen LogP contribution in [0.3, 0.4) is 0 Å². The molecule has 0 aliphatic heterocycles. The van der Waals surface area contributed by atoms with Gasteiger partial charge < -0.3 is 9.73 Å². The summed E-state index contributed by atoms with van der Waals surface area (Å²) in [5, 5.41) is 2.90. The molecule has 0 bridgehead atoms. The molecule has 0 fully saturated rings. The van der Waals surface area contributed by atoms with E-state index in [4.69, 9.17) is 4.42 Å². The zero-order valence-corrected chi connectivity index (χ0v) is 13.9. The minimum absolute atomic E-state index is 0.203. The number of amides is 1. The van der Waals surface area contributed by atoms with Crippen molar-refractivity contribution in [3.63, 3.8) is 0 Å². The third-order valence-electron chi connectivity index (χ3n) is 3.85. The molecule has 24 heavy (non-hydrogen) atoms. The van der Waals surface area contributed by atoms with Gasteiger partial charge in [-0.05, 0) is 38.0 Å². The average molecular weight is 320 g/mol. The normalized spacial score (nSPS) is 10.6. The fourth-order valence-corrected chi connectivity index (χ4v) is 2.48. The number of aromatic nitrogens is 1. The van der Waals surface area contributed by atoms with Gasteiger partial charge in [0.15, 0.2) is 5.69 Å². The van der Waals surface area contributed by atoms with E-state index in [1.165, 1.54) is 11.1 Å². The lowest BCUT2D eigenvalue weighted by molar-refractivity contribution is 0.0948. The second kappa shape index (κ2) is 7.13. The topological polar surface area (TPSA) is 55.1 Å². The van der Waals surface area contributed by atoms with Gasteiger partial charge in [-0.15, -0.1) is 0 Å². The highest BCUT2D eigenvalue weighted by Gasteiger charge is 2.17. The second-order valence-electron chi connectivity index (χ2n) is 5.78. The van der Waals surface area contributed by atoms with Crippen molar-refractivity contribution in [2.75, 3.05) is 6.54 Å². The van der Waals surface area contributed by atoms with E-state index in [1.54, 1.807) is 6.92 Å². The Balaban J connectivity index is 1.66. The zero-order chi connectivity index (χ0) is 16.9. The van der Waals surface area contributed by atoms with E-state index in [-0.39, 0.29) is 5.91 Å². The lowest BCUT2D eigenvalue weighted by Crippen LogP contribution is -2.26. The molecule has 1 amide bonds. The number of carbonyl (C=O) groups excluding carboxylic acids is 1. The van der Waals surface area contributed by atoms with Crippen LogP contribution in [0.5, 0.6) is 0 Å². The van der Waals surface area contributed by atoms with Crippen LogP contribution >= 0.6 is 0 Å². The number of aryl methyl sites for hydroxylation is 2. The van der Waals surface area contributed by atoms with E-state index in [0.717, 1.165) is 12.0 Å². The minimum Gasteiger partial charge on any atom is -0.441 e. The van der Waals surface area contributed by atoms with Crippen molar-refractivity contribution in [3.8, 4) is 11.5 Å². The summed E-state index contributed by atoms with van der Waals surface area (Å²) in [5.74, 6) is 0.800. The van der Waals surface area contributed by atoms with Crippen LogP contribution in [0.4, 0.5) is 0 Å². The molecule has 4 nitrogen and oxygen atoms in total. The lowest BCUT2D eigenvalue weighted by Gasteiger charge is -2.03. The van der Waals surface area contributed by atoms with Crippen LogP contribution in [0, 0.1) is 13.8 Å². The molecule has 1 N–H and O–H groups in total. The number of oxazole rings is 1. The molecular formula is C20H20N2O2. The highest BCUT2D eigenvalue weighted by molar-refractivity contribution is 5.93. The summed E-state index contributed by atoms with van der Waals surface area (Å²) in [6, 6.07) is 17.9. The first-order valence-corrected chi connectivity index (χ1v) is 8.00. The summed E-state index contributed by atoms with van der Waals surface area (Å²) < 4.78 is 5.65. The molecule has 1 heterocycles. The van der Waals surface area contributed by atoms with Crippen LogP contribution in [-0.4, -0.2) is 17.4 Å². The van der Waals surface area contributed by atoms with E-state index in [1.807, 2.05) is 61.5 Å². The predicted octanol–water partition coefficient (Wildman–Crippen LogP) is 3.93. The Morgan fingerprint density at radius 3 is 2.46 bits per heavy atom. The Bertz CT molecular complexity index is 821. The number of hydrogen-bond donors (Lipinski definition) is 1. The first-order chi connectivity index (χ1) is 11.6. The number of benzene rings is 2. The fourth-order valence-electron chi connectivity index (χ4n) is 2.48. The van der Waals surface area contributed by atoms with E-state index < -0.39 is 0 Å². The van der Waals surface area contributed by atoms with Gasteiger partial charge in [0.1, 0.15) is 5.76 Å². The van der Waals surface area contributed by atoms with Gasteiger partial charge in [0.05, 0.1) is 0 Å². The third-order valence-corrected chi connectivity index (χ3v) is 3.85. The maximum Gasteiger partial charge on any atom is 0.273 e. The molecule has 122 valence electrons. The van der Waals surface area contributed by atoms with Gasteiger partial charge in [0.25, 0.3) is 5.91 Å². The Morgan fingerprint density at radius 2 is 1.75 bits per heavy atom. The van der Waals surface area contributed by atoms with Gasteiger partial charge in [-0.2, -0.15) is 0 Å². The molecule has 0 saturated heterocycles. The third kappa shape index (κ3) is 3.71. The largest absolute Gasteiger partial charge is 0.441 e. The smallest absolute Gasteiger partial charge is 0.273 e. The van der Waals surface area contributed by atoms with Crippen LogP contribution in [0.1, 0.15) is 27.4 Å². The quantitative estimate of drug-likeness (QED) is 0.775. The average Bonchev–Trinajstić information content (AvgIpc) is 2.98.